The highest BCUT2D eigenvalue weighted by molar-refractivity contribution is 9.11. The van der Waals surface area contributed by atoms with Crippen molar-refractivity contribution < 1.29 is 9.90 Å². The van der Waals surface area contributed by atoms with Crippen LogP contribution in [0.25, 0.3) is 0 Å². The van der Waals surface area contributed by atoms with Crippen molar-refractivity contribution in [1.29, 1.82) is 0 Å². The molecule has 1 aromatic rings. The molecule has 1 N–H and O–H groups in total. The van der Waals surface area contributed by atoms with Gasteiger partial charge in [0.15, 0.2) is 5.78 Å². The van der Waals surface area contributed by atoms with Crippen LogP contribution >= 0.6 is 47.8 Å². The number of alkyl halides is 1. The average molecular weight is 507 g/mol. The van der Waals surface area contributed by atoms with Crippen LogP contribution in [0.4, 0.5) is 0 Å². The van der Waals surface area contributed by atoms with Crippen LogP contribution in [0.2, 0.25) is 0 Å². The van der Waals surface area contributed by atoms with Gasteiger partial charge in [0, 0.05) is 5.41 Å². The van der Waals surface area contributed by atoms with Crippen molar-refractivity contribution in [1.82, 2.24) is 0 Å². The highest BCUT2D eigenvalue weighted by Crippen LogP contribution is 2.61. The summed E-state index contributed by atoms with van der Waals surface area (Å²) >= 11 is 10.7. The Morgan fingerprint density at radius 2 is 2.04 bits per heavy atom. The van der Waals surface area contributed by atoms with E-state index in [1.165, 1.54) is 11.1 Å². The molecular formula is C18H19Br3O2. The minimum absolute atomic E-state index is 0.0379. The van der Waals surface area contributed by atoms with E-state index in [0.717, 1.165) is 41.0 Å². The first-order valence-corrected chi connectivity index (χ1v) is 10.7. The Morgan fingerprint density at radius 1 is 1.30 bits per heavy atom. The number of halogens is 3. The van der Waals surface area contributed by atoms with Crippen LogP contribution in [-0.2, 0) is 11.2 Å². The van der Waals surface area contributed by atoms with Gasteiger partial charge in [-0.25, -0.2) is 0 Å². The minimum Gasteiger partial charge on any atom is -0.506 e. The lowest BCUT2D eigenvalue weighted by Gasteiger charge is -2.48. The third-order valence-corrected chi connectivity index (χ3v) is 8.84. The molecule has 0 unspecified atom stereocenters. The number of hydrogen-bond donors (Lipinski definition) is 1. The molecule has 5 atom stereocenters. The summed E-state index contributed by atoms with van der Waals surface area (Å²) in [7, 11) is 0. The second-order valence-corrected chi connectivity index (χ2v) is 10.3. The molecule has 0 bridgehead atoms. The van der Waals surface area contributed by atoms with E-state index in [1.54, 1.807) is 0 Å². The lowest BCUT2D eigenvalue weighted by Crippen LogP contribution is -2.42. The van der Waals surface area contributed by atoms with Crippen molar-refractivity contribution in [3.63, 3.8) is 0 Å². The molecule has 2 fully saturated rings. The van der Waals surface area contributed by atoms with Crippen molar-refractivity contribution >= 4 is 53.6 Å². The molecule has 0 radical (unpaired) electrons. The molecule has 0 aliphatic heterocycles. The predicted octanol–water partition coefficient (Wildman–Crippen LogP) is 5.72. The van der Waals surface area contributed by atoms with Crippen LogP contribution in [0, 0.1) is 17.3 Å². The number of aromatic hydroxyl groups is 1. The second-order valence-electron chi connectivity index (χ2n) is 7.53. The van der Waals surface area contributed by atoms with Gasteiger partial charge in [0.25, 0.3) is 0 Å². The molecule has 1 aromatic carbocycles. The summed E-state index contributed by atoms with van der Waals surface area (Å²) in [5.74, 6) is 2.29. The number of hydrogen-bond acceptors (Lipinski definition) is 2. The summed E-state index contributed by atoms with van der Waals surface area (Å²) in [6, 6.07) is 2.11. The number of carbonyl (C=O) groups is 1. The van der Waals surface area contributed by atoms with Gasteiger partial charge in [0.2, 0.25) is 0 Å². The van der Waals surface area contributed by atoms with E-state index in [-0.39, 0.29) is 10.2 Å². The molecule has 0 spiro atoms. The Morgan fingerprint density at radius 3 is 2.78 bits per heavy atom. The monoisotopic (exact) mass is 504 g/mol. The number of benzene rings is 1. The quantitative estimate of drug-likeness (QED) is 0.457. The van der Waals surface area contributed by atoms with Gasteiger partial charge in [0.1, 0.15) is 5.75 Å². The van der Waals surface area contributed by atoms with Gasteiger partial charge in [-0.15, -0.1) is 0 Å². The molecule has 124 valence electrons. The van der Waals surface area contributed by atoms with E-state index < -0.39 is 0 Å². The highest BCUT2D eigenvalue weighted by atomic mass is 79.9. The first-order valence-electron chi connectivity index (χ1n) is 8.22. The molecule has 2 saturated carbocycles. The fraction of sp³-hybridized carbons (Fsp3) is 0.611. The van der Waals surface area contributed by atoms with E-state index >= 15 is 0 Å². The highest BCUT2D eigenvalue weighted by Gasteiger charge is 2.57. The maximum atomic E-state index is 12.6. The fourth-order valence-electron chi connectivity index (χ4n) is 5.39. The van der Waals surface area contributed by atoms with Crippen molar-refractivity contribution in [2.45, 2.75) is 49.8 Å². The Bertz CT molecular complexity index is 702. The van der Waals surface area contributed by atoms with Gasteiger partial charge < -0.3 is 5.11 Å². The van der Waals surface area contributed by atoms with E-state index in [1.807, 2.05) is 0 Å². The van der Waals surface area contributed by atoms with Crippen molar-refractivity contribution in [3.05, 3.63) is 26.1 Å². The van der Waals surface area contributed by atoms with Crippen molar-refractivity contribution in [2.75, 3.05) is 0 Å². The van der Waals surface area contributed by atoms with Crippen molar-refractivity contribution in [3.8, 4) is 5.75 Å². The van der Waals surface area contributed by atoms with E-state index in [9.17, 15) is 9.90 Å². The molecule has 3 aliphatic carbocycles. The largest absolute Gasteiger partial charge is 0.506 e. The van der Waals surface area contributed by atoms with E-state index in [4.69, 9.17) is 0 Å². The number of phenols is 1. The summed E-state index contributed by atoms with van der Waals surface area (Å²) in [4.78, 5) is 12.7. The second kappa shape index (κ2) is 5.57. The van der Waals surface area contributed by atoms with Crippen LogP contribution in [0.3, 0.4) is 0 Å². The molecule has 3 aliphatic rings. The topological polar surface area (TPSA) is 37.3 Å². The lowest BCUT2D eigenvalue weighted by molar-refractivity contribution is -0.128. The Kier molecular flexibility index (Phi) is 4.02. The van der Waals surface area contributed by atoms with Gasteiger partial charge >= 0.3 is 0 Å². The molecular weight excluding hydrogens is 488 g/mol. The first-order chi connectivity index (χ1) is 10.8. The van der Waals surface area contributed by atoms with E-state index in [0.29, 0.717) is 29.3 Å². The number of carbonyl (C=O) groups excluding carboxylic acids is 1. The molecule has 0 amide bonds. The zero-order valence-electron chi connectivity index (χ0n) is 12.9. The summed E-state index contributed by atoms with van der Waals surface area (Å²) in [6.45, 7) is 2.19. The maximum absolute atomic E-state index is 12.6. The summed E-state index contributed by atoms with van der Waals surface area (Å²) in [5.41, 5.74) is 2.48. The van der Waals surface area contributed by atoms with Gasteiger partial charge in [-0.2, -0.15) is 0 Å². The van der Waals surface area contributed by atoms with Gasteiger partial charge in [0.05, 0.1) is 13.8 Å². The zero-order chi connectivity index (χ0) is 16.5. The Hall–Kier alpha value is 0.130. The van der Waals surface area contributed by atoms with Crippen LogP contribution in [-0.4, -0.2) is 15.7 Å². The first kappa shape index (κ1) is 16.6. The number of phenolic OH excluding ortho intramolecular Hbond substituents is 1. The lowest BCUT2D eigenvalue weighted by atomic mass is 9.55. The maximum Gasteiger partial charge on any atom is 0.152 e. The number of fused-ring (bicyclic) bond motifs is 5. The average Bonchev–Trinajstić information content (AvgIpc) is 2.76. The predicted molar refractivity (Wildman–Crippen MR) is 101 cm³/mol. The van der Waals surface area contributed by atoms with Gasteiger partial charge in [-0.3, -0.25) is 4.79 Å². The third kappa shape index (κ3) is 2.25. The number of Topliss-reactive ketones (excluding diaryl/α,β-unsaturated/α-hetero) is 1. The van der Waals surface area contributed by atoms with Gasteiger partial charge in [-0.1, -0.05) is 22.9 Å². The molecule has 4 rings (SSSR count). The summed E-state index contributed by atoms with van der Waals surface area (Å²) < 4.78 is 1.60. The Labute approximate surface area is 161 Å². The smallest absolute Gasteiger partial charge is 0.152 e. The minimum atomic E-state index is -0.141. The molecule has 0 saturated heterocycles. The molecule has 5 heteroatoms. The van der Waals surface area contributed by atoms with Crippen LogP contribution in [0.5, 0.6) is 5.75 Å². The molecule has 0 aromatic heterocycles. The van der Waals surface area contributed by atoms with E-state index in [2.05, 4.69) is 60.8 Å². The Balaban J connectivity index is 1.77. The van der Waals surface area contributed by atoms with Crippen molar-refractivity contribution in [2.24, 2.45) is 17.3 Å². The van der Waals surface area contributed by atoms with Crippen LogP contribution in [0.1, 0.15) is 49.7 Å². The third-order valence-electron chi connectivity index (χ3n) is 6.59. The zero-order valence-corrected chi connectivity index (χ0v) is 17.7. The molecule has 2 nitrogen and oxygen atoms in total. The normalized spacial score (nSPS) is 38.9. The SMILES string of the molecule is C[C@@]12CC[C@H]3c4cc(Br)c(O)c(Br)c4CC[C@@H]3[C@H]1C[C@H](Br)C2=O. The molecule has 23 heavy (non-hydrogen) atoms. The van der Waals surface area contributed by atoms with Crippen LogP contribution < -0.4 is 0 Å². The summed E-state index contributed by atoms with van der Waals surface area (Å²) in [5, 5.41) is 10.2. The van der Waals surface area contributed by atoms with Gasteiger partial charge in [-0.05, 0) is 98.9 Å². The standard InChI is InChI=1S/C18H19Br3O2/c1-18-5-4-8-9(12(18)7-14(20)17(18)23)2-3-10-11(8)6-13(19)16(22)15(10)21/h6,8-9,12,14,22H,2-5,7H2,1H3/t8-,9+,12-,14+,18-/m1/s1. The number of rotatable bonds is 0. The number of ketones is 1. The van der Waals surface area contributed by atoms with Crippen LogP contribution in [0.15, 0.2) is 15.0 Å². The fourth-order valence-corrected chi connectivity index (χ4v) is 7.66. The summed E-state index contributed by atoms with van der Waals surface area (Å²) in [6.07, 6.45) is 5.12. The molecule has 0 heterocycles.